The summed E-state index contributed by atoms with van der Waals surface area (Å²) in [5.74, 6) is 1.36. The van der Waals surface area contributed by atoms with E-state index in [2.05, 4.69) is 19.2 Å². The Morgan fingerprint density at radius 1 is 1.31 bits per heavy atom. The van der Waals surface area contributed by atoms with Gasteiger partial charge in [-0.15, -0.1) is 0 Å². The lowest BCUT2D eigenvalue weighted by Crippen LogP contribution is -2.24. The lowest BCUT2D eigenvalue weighted by atomic mass is 10.2. The van der Waals surface area contributed by atoms with E-state index in [0.29, 0.717) is 12.5 Å². The van der Waals surface area contributed by atoms with Gasteiger partial charge < -0.3 is 15.2 Å². The highest BCUT2D eigenvalue weighted by Crippen LogP contribution is 2.13. The van der Waals surface area contributed by atoms with Gasteiger partial charge in [-0.25, -0.2) is 0 Å². The van der Waals surface area contributed by atoms with Gasteiger partial charge in [0.1, 0.15) is 5.75 Å². The molecule has 1 rings (SSSR count). The van der Waals surface area contributed by atoms with Gasteiger partial charge in [0.15, 0.2) is 0 Å². The van der Waals surface area contributed by atoms with Gasteiger partial charge in [0.25, 0.3) is 0 Å². The Kier molecular flexibility index (Phi) is 5.90. The predicted molar refractivity (Wildman–Crippen MR) is 65.6 cm³/mol. The molecule has 0 heterocycles. The molecule has 1 aromatic carbocycles. The quantitative estimate of drug-likeness (QED) is 0.740. The maximum Gasteiger partial charge on any atom is 0.119 e. The van der Waals surface area contributed by atoms with E-state index in [-0.39, 0.29) is 6.61 Å². The molecular formula is C13H21NO2. The van der Waals surface area contributed by atoms with E-state index in [9.17, 15) is 0 Å². The molecule has 0 saturated heterocycles. The number of ether oxygens (including phenoxy) is 1. The van der Waals surface area contributed by atoms with Crippen molar-refractivity contribution in [2.75, 3.05) is 19.7 Å². The van der Waals surface area contributed by atoms with Crippen molar-refractivity contribution in [3.8, 4) is 5.75 Å². The molecule has 3 nitrogen and oxygen atoms in total. The highest BCUT2D eigenvalue weighted by molar-refractivity contribution is 5.26. The summed E-state index contributed by atoms with van der Waals surface area (Å²) in [6, 6.07) is 7.55. The summed E-state index contributed by atoms with van der Waals surface area (Å²) in [6.45, 7) is 7.02. The third-order valence-electron chi connectivity index (χ3n) is 2.38. The van der Waals surface area contributed by atoms with Gasteiger partial charge >= 0.3 is 0 Å². The van der Waals surface area contributed by atoms with E-state index in [1.54, 1.807) is 0 Å². The summed E-state index contributed by atoms with van der Waals surface area (Å²) in [4.78, 5) is 0. The Hall–Kier alpha value is -1.06. The van der Waals surface area contributed by atoms with E-state index >= 15 is 0 Å². The van der Waals surface area contributed by atoms with E-state index in [1.807, 2.05) is 24.3 Å². The molecule has 0 radical (unpaired) electrons. The van der Waals surface area contributed by atoms with Crippen molar-refractivity contribution in [1.29, 1.82) is 0 Å². The monoisotopic (exact) mass is 223 g/mol. The molecule has 90 valence electrons. The Morgan fingerprint density at radius 2 is 2.00 bits per heavy atom. The maximum atomic E-state index is 8.89. The van der Waals surface area contributed by atoms with Crippen molar-refractivity contribution in [2.45, 2.75) is 20.5 Å². The van der Waals surface area contributed by atoms with Crippen LogP contribution in [0.1, 0.15) is 19.4 Å². The molecule has 0 bridgehead atoms. The number of aliphatic hydroxyl groups is 1. The summed E-state index contributed by atoms with van der Waals surface area (Å²) in [6.07, 6.45) is 0. The fourth-order valence-corrected chi connectivity index (χ4v) is 1.38. The summed E-state index contributed by atoms with van der Waals surface area (Å²) in [7, 11) is 0. The number of benzene rings is 1. The zero-order chi connectivity index (χ0) is 11.8. The van der Waals surface area contributed by atoms with E-state index in [0.717, 1.165) is 24.4 Å². The van der Waals surface area contributed by atoms with Gasteiger partial charge in [-0.1, -0.05) is 26.0 Å². The average Bonchev–Trinajstić information content (AvgIpc) is 2.34. The third-order valence-corrected chi connectivity index (χ3v) is 2.38. The first kappa shape index (κ1) is 13.0. The first-order valence-corrected chi connectivity index (χ1v) is 5.79. The highest BCUT2D eigenvalue weighted by Gasteiger charge is 2.02. The first-order valence-electron chi connectivity index (χ1n) is 5.79. The molecule has 0 saturated carbocycles. The average molecular weight is 223 g/mol. The van der Waals surface area contributed by atoms with Crippen LogP contribution in [0.2, 0.25) is 0 Å². The van der Waals surface area contributed by atoms with E-state index in [4.69, 9.17) is 9.84 Å². The summed E-state index contributed by atoms with van der Waals surface area (Å²) >= 11 is 0. The van der Waals surface area contributed by atoms with Gasteiger partial charge in [-0.05, 0) is 24.2 Å². The minimum absolute atomic E-state index is 0.0805. The molecule has 1 aromatic rings. The summed E-state index contributed by atoms with van der Waals surface area (Å²) in [5.41, 5.74) is 0.910. The molecule has 2 N–H and O–H groups in total. The number of hydrogen-bond donors (Lipinski definition) is 2. The second-order valence-electron chi connectivity index (χ2n) is 4.03. The van der Waals surface area contributed by atoms with Crippen LogP contribution in [-0.2, 0) is 6.61 Å². The van der Waals surface area contributed by atoms with Crippen LogP contribution in [0, 0.1) is 5.92 Å². The smallest absolute Gasteiger partial charge is 0.119 e. The second kappa shape index (κ2) is 7.25. The predicted octanol–water partition coefficient (Wildman–Crippen LogP) is 1.80. The van der Waals surface area contributed by atoms with Crippen molar-refractivity contribution in [1.82, 2.24) is 5.32 Å². The van der Waals surface area contributed by atoms with Crippen LogP contribution in [-0.4, -0.2) is 24.8 Å². The molecule has 0 fully saturated rings. The summed E-state index contributed by atoms with van der Waals surface area (Å²) in [5, 5.41) is 12.2. The largest absolute Gasteiger partial charge is 0.493 e. The minimum atomic E-state index is 0.0805. The van der Waals surface area contributed by atoms with Crippen LogP contribution >= 0.6 is 0 Å². The van der Waals surface area contributed by atoms with Gasteiger partial charge in [-0.3, -0.25) is 0 Å². The number of aliphatic hydroxyl groups excluding tert-OH is 1. The number of nitrogens with one attached hydrogen (secondary N) is 1. The minimum Gasteiger partial charge on any atom is -0.493 e. The third kappa shape index (κ3) is 4.64. The molecule has 1 atom stereocenters. The molecular weight excluding hydrogens is 202 g/mol. The lowest BCUT2D eigenvalue weighted by Gasteiger charge is -2.13. The molecule has 1 unspecified atom stereocenters. The fraction of sp³-hybridized carbons (Fsp3) is 0.538. The Bertz CT molecular complexity index is 284. The molecule has 0 aliphatic heterocycles. The SMILES string of the molecule is CCNCC(C)COc1ccc(CO)cc1. The normalized spacial score (nSPS) is 12.4. The lowest BCUT2D eigenvalue weighted by molar-refractivity contribution is 0.255. The molecule has 0 aromatic heterocycles. The molecule has 0 amide bonds. The molecule has 0 spiro atoms. The van der Waals surface area contributed by atoms with E-state index < -0.39 is 0 Å². The first-order chi connectivity index (χ1) is 7.76. The van der Waals surface area contributed by atoms with Crippen LogP contribution < -0.4 is 10.1 Å². The molecule has 0 aliphatic carbocycles. The standard InChI is InChI=1S/C13H21NO2/c1-3-14-8-11(2)10-16-13-6-4-12(9-15)5-7-13/h4-7,11,14-15H,3,8-10H2,1-2H3. The van der Waals surface area contributed by atoms with Crippen molar-refractivity contribution in [2.24, 2.45) is 5.92 Å². The van der Waals surface area contributed by atoms with Crippen LogP contribution in [0.15, 0.2) is 24.3 Å². The zero-order valence-corrected chi connectivity index (χ0v) is 10.1. The molecule has 16 heavy (non-hydrogen) atoms. The summed E-state index contributed by atoms with van der Waals surface area (Å²) < 4.78 is 5.64. The maximum absolute atomic E-state index is 8.89. The van der Waals surface area contributed by atoms with E-state index in [1.165, 1.54) is 0 Å². The fourth-order valence-electron chi connectivity index (χ4n) is 1.38. The van der Waals surface area contributed by atoms with Crippen molar-refractivity contribution < 1.29 is 9.84 Å². The van der Waals surface area contributed by atoms with Crippen molar-refractivity contribution in [3.63, 3.8) is 0 Å². The van der Waals surface area contributed by atoms with Crippen molar-refractivity contribution >= 4 is 0 Å². The number of rotatable bonds is 7. The Balaban J connectivity index is 2.30. The second-order valence-corrected chi connectivity index (χ2v) is 4.03. The van der Waals surface area contributed by atoms with Crippen LogP contribution in [0.5, 0.6) is 5.75 Å². The highest BCUT2D eigenvalue weighted by atomic mass is 16.5. The number of hydrogen-bond acceptors (Lipinski definition) is 3. The topological polar surface area (TPSA) is 41.5 Å². The van der Waals surface area contributed by atoms with Crippen LogP contribution in [0.3, 0.4) is 0 Å². The van der Waals surface area contributed by atoms with Crippen molar-refractivity contribution in [3.05, 3.63) is 29.8 Å². The van der Waals surface area contributed by atoms with Gasteiger partial charge in [-0.2, -0.15) is 0 Å². The zero-order valence-electron chi connectivity index (χ0n) is 10.1. The molecule has 3 heteroatoms. The molecule has 0 aliphatic rings. The van der Waals surface area contributed by atoms with Crippen LogP contribution in [0.25, 0.3) is 0 Å². The Morgan fingerprint density at radius 3 is 2.56 bits per heavy atom. The van der Waals surface area contributed by atoms with Gasteiger partial charge in [0, 0.05) is 12.5 Å². The van der Waals surface area contributed by atoms with Gasteiger partial charge in [0.05, 0.1) is 13.2 Å². The Labute approximate surface area is 97.4 Å². The van der Waals surface area contributed by atoms with Crippen LogP contribution in [0.4, 0.5) is 0 Å². The van der Waals surface area contributed by atoms with Gasteiger partial charge in [0.2, 0.25) is 0 Å².